The van der Waals surface area contributed by atoms with Crippen molar-refractivity contribution in [3.63, 3.8) is 0 Å². The van der Waals surface area contributed by atoms with Crippen molar-refractivity contribution in [2.75, 3.05) is 5.32 Å². The highest BCUT2D eigenvalue weighted by Gasteiger charge is 2.16. The highest BCUT2D eigenvalue weighted by atomic mass is 35.5. The molecule has 0 unspecified atom stereocenters. The maximum absolute atomic E-state index is 14.0. The Labute approximate surface area is 164 Å². The summed E-state index contributed by atoms with van der Waals surface area (Å²) in [4.78, 5) is 23.2. The van der Waals surface area contributed by atoms with Gasteiger partial charge in [-0.1, -0.05) is 17.7 Å². The largest absolute Gasteiger partial charge is 0.481 e. The first kappa shape index (κ1) is 19.6. The molecule has 0 saturated heterocycles. The van der Waals surface area contributed by atoms with E-state index in [2.05, 4.69) is 15.5 Å². The van der Waals surface area contributed by atoms with Gasteiger partial charge < -0.3 is 10.4 Å². The summed E-state index contributed by atoms with van der Waals surface area (Å²) >= 11 is 6.06. The number of hydrogen-bond acceptors (Lipinski definition) is 4. The number of amides is 1. The van der Waals surface area contributed by atoms with E-state index in [1.807, 2.05) is 0 Å². The molecule has 0 aliphatic rings. The summed E-state index contributed by atoms with van der Waals surface area (Å²) in [6.07, 6.45) is 1.26. The van der Waals surface area contributed by atoms with Crippen molar-refractivity contribution in [2.45, 2.75) is 26.4 Å². The Morgan fingerprint density at radius 1 is 1.29 bits per heavy atom. The summed E-state index contributed by atoms with van der Waals surface area (Å²) in [5.41, 5.74) is 1.22. The molecule has 10 heteroatoms. The van der Waals surface area contributed by atoms with E-state index in [0.29, 0.717) is 16.3 Å². The lowest BCUT2D eigenvalue weighted by atomic mass is 10.2. The molecule has 0 radical (unpaired) electrons. The van der Waals surface area contributed by atoms with Crippen LogP contribution in [0.15, 0.2) is 36.5 Å². The molecule has 0 aliphatic heterocycles. The molecular formula is C18H17ClFN5O3. The second-order valence-electron chi connectivity index (χ2n) is 6.07. The third-order valence-corrected chi connectivity index (χ3v) is 4.43. The van der Waals surface area contributed by atoms with Gasteiger partial charge in [0.25, 0.3) is 5.91 Å². The van der Waals surface area contributed by atoms with Gasteiger partial charge in [0.2, 0.25) is 0 Å². The Balaban J connectivity index is 1.74. The fraction of sp³-hybridized carbons (Fsp3) is 0.222. The van der Waals surface area contributed by atoms with Gasteiger partial charge in [-0.3, -0.25) is 19.0 Å². The molecule has 8 nitrogen and oxygen atoms in total. The third kappa shape index (κ3) is 4.37. The molecule has 28 heavy (non-hydrogen) atoms. The number of carbonyl (C=O) groups excluding carboxylic acids is 1. The molecule has 0 atom stereocenters. The number of nitrogens with zero attached hydrogens (tertiary/aromatic N) is 4. The molecule has 0 bridgehead atoms. The smallest absolute Gasteiger partial charge is 0.305 e. The van der Waals surface area contributed by atoms with E-state index < -0.39 is 17.7 Å². The van der Waals surface area contributed by atoms with Gasteiger partial charge in [0.05, 0.1) is 19.5 Å². The quantitative estimate of drug-likeness (QED) is 0.629. The molecular weight excluding hydrogens is 389 g/mol. The maximum atomic E-state index is 14.0. The minimum absolute atomic E-state index is 0.0737. The molecule has 0 fully saturated rings. The topological polar surface area (TPSA) is 102 Å². The molecule has 3 rings (SSSR count). The first-order chi connectivity index (χ1) is 13.3. The van der Waals surface area contributed by atoms with Crippen LogP contribution in [-0.4, -0.2) is 36.5 Å². The van der Waals surface area contributed by atoms with Gasteiger partial charge in [0.15, 0.2) is 5.82 Å². The van der Waals surface area contributed by atoms with Crippen LogP contribution in [0.3, 0.4) is 0 Å². The van der Waals surface area contributed by atoms with Crippen molar-refractivity contribution < 1.29 is 19.1 Å². The van der Waals surface area contributed by atoms with Crippen LogP contribution in [0.2, 0.25) is 5.02 Å². The van der Waals surface area contributed by atoms with Crippen LogP contribution in [0, 0.1) is 12.7 Å². The van der Waals surface area contributed by atoms with Gasteiger partial charge in [0.1, 0.15) is 11.5 Å². The van der Waals surface area contributed by atoms with Gasteiger partial charge in [-0.05, 0) is 25.1 Å². The Morgan fingerprint density at radius 3 is 2.79 bits per heavy atom. The van der Waals surface area contributed by atoms with E-state index in [1.54, 1.807) is 19.1 Å². The number of anilines is 1. The second-order valence-corrected chi connectivity index (χ2v) is 6.47. The molecule has 1 amide bonds. The van der Waals surface area contributed by atoms with Crippen LogP contribution in [0.1, 0.15) is 28.2 Å². The molecule has 3 aromatic rings. The van der Waals surface area contributed by atoms with Gasteiger partial charge in [0, 0.05) is 28.5 Å². The number of aryl methyl sites for hydroxylation is 2. The predicted molar refractivity (Wildman–Crippen MR) is 99.9 cm³/mol. The fourth-order valence-corrected chi connectivity index (χ4v) is 2.87. The predicted octanol–water partition coefficient (Wildman–Crippen LogP) is 2.96. The molecule has 2 heterocycles. The van der Waals surface area contributed by atoms with E-state index in [0.717, 1.165) is 0 Å². The van der Waals surface area contributed by atoms with Crippen LogP contribution in [0.4, 0.5) is 10.2 Å². The maximum Gasteiger partial charge on any atom is 0.305 e. The van der Waals surface area contributed by atoms with E-state index in [1.165, 1.54) is 33.8 Å². The average Bonchev–Trinajstić information content (AvgIpc) is 3.23. The second kappa shape index (κ2) is 8.22. The van der Waals surface area contributed by atoms with E-state index in [4.69, 9.17) is 16.7 Å². The summed E-state index contributed by atoms with van der Waals surface area (Å²) in [5, 5.41) is 20.0. The molecule has 0 aliphatic carbocycles. The van der Waals surface area contributed by atoms with E-state index in [9.17, 15) is 14.0 Å². The third-order valence-electron chi connectivity index (χ3n) is 4.08. The zero-order valence-corrected chi connectivity index (χ0v) is 15.6. The van der Waals surface area contributed by atoms with Crippen LogP contribution >= 0.6 is 11.6 Å². The molecule has 0 spiro atoms. The van der Waals surface area contributed by atoms with Crippen LogP contribution in [0.5, 0.6) is 0 Å². The summed E-state index contributed by atoms with van der Waals surface area (Å²) < 4.78 is 16.8. The summed E-state index contributed by atoms with van der Waals surface area (Å²) in [6.45, 7) is 1.96. The lowest BCUT2D eigenvalue weighted by Gasteiger charge is -2.08. The summed E-state index contributed by atoms with van der Waals surface area (Å²) in [6, 6.07) is 7.57. The number of hydrogen-bond donors (Lipinski definition) is 2. The zero-order chi connectivity index (χ0) is 20.3. The standard InChI is InChI=1S/C18H17ClFN5O3/c1-11-9-16(23-25(11)10-12-13(19)3-2-4-14(12)20)22-18(28)15-5-7-21-24(15)8-6-17(26)27/h2-5,7,9H,6,8,10H2,1H3,(H,26,27)(H,22,23,28). The number of aliphatic carboxylic acids is 1. The molecule has 146 valence electrons. The lowest BCUT2D eigenvalue weighted by molar-refractivity contribution is -0.137. The first-order valence-electron chi connectivity index (χ1n) is 8.37. The number of carboxylic acids is 1. The Hall–Kier alpha value is -3.20. The van der Waals surface area contributed by atoms with E-state index >= 15 is 0 Å². The first-order valence-corrected chi connectivity index (χ1v) is 8.75. The van der Waals surface area contributed by atoms with Gasteiger partial charge in [-0.2, -0.15) is 10.2 Å². The molecule has 0 saturated carbocycles. The average molecular weight is 406 g/mol. The number of aromatic nitrogens is 4. The van der Waals surface area contributed by atoms with Crippen molar-refractivity contribution >= 4 is 29.3 Å². The number of carbonyl (C=O) groups is 2. The Morgan fingerprint density at radius 2 is 2.07 bits per heavy atom. The normalized spacial score (nSPS) is 10.8. The van der Waals surface area contributed by atoms with Crippen molar-refractivity contribution in [2.24, 2.45) is 0 Å². The number of benzene rings is 1. The number of carboxylic acid groups (broad SMARTS) is 1. The van der Waals surface area contributed by atoms with Crippen molar-refractivity contribution in [1.82, 2.24) is 19.6 Å². The number of nitrogens with one attached hydrogen (secondary N) is 1. The van der Waals surface area contributed by atoms with Crippen LogP contribution in [-0.2, 0) is 17.9 Å². The number of rotatable bonds is 7. The Bertz CT molecular complexity index is 1010. The minimum atomic E-state index is -0.983. The highest BCUT2D eigenvalue weighted by Crippen LogP contribution is 2.21. The minimum Gasteiger partial charge on any atom is -0.481 e. The van der Waals surface area contributed by atoms with Gasteiger partial charge in [-0.25, -0.2) is 4.39 Å². The zero-order valence-electron chi connectivity index (χ0n) is 14.9. The summed E-state index contributed by atoms with van der Waals surface area (Å²) in [5.74, 6) is -1.62. The number of halogens is 2. The SMILES string of the molecule is Cc1cc(NC(=O)c2ccnn2CCC(=O)O)nn1Cc1c(F)cccc1Cl. The van der Waals surface area contributed by atoms with Gasteiger partial charge in [-0.15, -0.1) is 0 Å². The highest BCUT2D eigenvalue weighted by molar-refractivity contribution is 6.31. The van der Waals surface area contributed by atoms with Crippen LogP contribution < -0.4 is 5.32 Å². The Kier molecular flexibility index (Phi) is 5.74. The fourth-order valence-electron chi connectivity index (χ4n) is 2.65. The van der Waals surface area contributed by atoms with Crippen LogP contribution in [0.25, 0.3) is 0 Å². The molecule has 1 aromatic carbocycles. The molecule has 2 N–H and O–H groups in total. The van der Waals surface area contributed by atoms with Crippen molar-refractivity contribution in [3.8, 4) is 0 Å². The monoisotopic (exact) mass is 405 g/mol. The molecule has 2 aromatic heterocycles. The van der Waals surface area contributed by atoms with Crippen molar-refractivity contribution in [1.29, 1.82) is 0 Å². The summed E-state index contributed by atoms with van der Waals surface area (Å²) in [7, 11) is 0. The van der Waals surface area contributed by atoms with Gasteiger partial charge >= 0.3 is 5.97 Å². The lowest BCUT2D eigenvalue weighted by Crippen LogP contribution is -2.19. The van der Waals surface area contributed by atoms with E-state index in [-0.39, 0.29) is 31.0 Å². The van der Waals surface area contributed by atoms with Crippen molar-refractivity contribution in [3.05, 3.63) is 64.3 Å².